The van der Waals surface area contributed by atoms with Gasteiger partial charge in [0.15, 0.2) is 5.78 Å². The smallest absolute Gasteiger partial charge is 0.334 e. The van der Waals surface area contributed by atoms with Gasteiger partial charge in [0.05, 0.1) is 19.6 Å². The van der Waals surface area contributed by atoms with E-state index in [0.29, 0.717) is 36.4 Å². The van der Waals surface area contributed by atoms with Gasteiger partial charge >= 0.3 is 17.9 Å². The van der Waals surface area contributed by atoms with Crippen molar-refractivity contribution in [3.05, 3.63) is 33.4 Å². The highest BCUT2D eigenvalue weighted by Crippen LogP contribution is 2.82. The minimum atomic E-state index is -1.26. The lowest BCUT2D eigenvalue weighted by Crippen LogP contribution is -2.66. The van der Waals surface area contributed by atoms with Gasteiger partial charge in [0, 0.05) is 35.0 Å². The van der Waals surface area contributed by atoms with Gasteiger partial charge < -0.3 is 19.3 Å². The third-order valence-corrected chi connectivity index (χ3v) is 13.5. The average molecular weight is 563 g/mol. The second kappa shape index (κ2) is 7.61. The maximum atomic E-state index is 14.3. The summed E-state index contributed by atoms with van der Waals surface area (Å²) in [6.07, 6.45) is 2.14. The topological polar surface area (TPSA) is 116 Å². The van der Waals surface area contributed by atoms with Crippen LogP contribution in [-0.4, -0.2) is 54.2 Å². The molecule has 1 spiro atoms. The van der Waals surface area contributed by atoms with Crippen LogP contribution in [0.2, 0.25) is 0 Å². The van der Waals surface area contributed by atoms with Crippen LogP contribution in [0, 0.1) is 58.2 Å². The van der Waals surface area contributed by atoms with E-state index < -0.39 is 34.8 Å². The molecule has 0 radical (unpaired) electrons. The maximum Gasteiger partial charge on any atom is 0.334 e. The number of hydrogen-bond acceptors (Lipinski definition) is 8. The Morgan fingerprint density at radius 1 is 1.07 bits per heavy atom. The summed E-state index contributed by atoms with van der Waals surface area (Å²) in [7, 11) is 1.30. The number of esters is 3. The van der Waals surface area contributed by atoms with E-state index in [0.717, 1.165) is 30.4 Å². The van der Waals surface area contributed by atoms with E-state index in [9.17, 15) is 24.3 Å². The van der Waals surface area contributed by atoms with E-state index >= 15 is 0 Å². The van der Waals surface area contributed by atoms with Gasteiger partial charge in [-0.25, -0.2) is 9.59 Å². The van der Waals surface area contributed by atoms with Crippen molar-refractivity contribution in [1.29, 1.82) is 0 Å². The lowest BCUT2D eigenvalue weighted by molar-refractivity contribution is -0.179. The number of ketones is 1. The Kier molecular flexibility index (Phi) is 4.81. The van der Waals surface area contributed by atoms with Crippen LogP contribution in [0.4, 0.5) is 0 Å². The highest BCUT2D eigenvalue weighted by atomic mass is 16.6. The number of carbonyl (C=O) groups is 4. The second-order valence-corrected chi connectivity index (χ2v) is 14.6. The predicted molar refractivity (Wildman–Crippen MR) is 144 cm³/mol. The zero-order chi connectivity index (χ0) is 29.1. The van der Waals surface area contributed by atoms with Crippen LogP contribution in [0.25, 0.3) is 0 Å². The molecule has 41 heavy (non-hydrogen) atoms. The number of allylic oxidation sites excluding steroid dienone is 1. The summed E-state index contributed by atoms with van der Waals surface area (Å²) in [5, 5.41) is 11.6. The molecule has 7 aliphatic carbocycles. The molecule has 8 rings (SSSR count). The molecule has 0 aromatic rings. The monoisotopic (exact) mass is 562 g/mol. The highest BCUT2D eigenvalue weighted by Gasteiger charge is 2.81. The average Bonchev–Trinajstić information content (AvgIpc) is 3.84. The molecule has 12 unspecified atom stereocenters. The molecule has 5 fully saturated rings. The van der Waals surface area contributed by atoms with Gasteiger partial charge in [0.2, 0.25) is 0 Å². The van der Waals surface area contributed by atoms with Gasteiger partial charge in [-0.2, -0.15) is 0 Å². The minimum absolute atomic E-state index is 0.0849. The minimum Gasteiger partial charge on any atom is -0.466 e. The van der Waals surface area contributed by atoms with E-state index in [1.54, 1.807) is 6.92 Å². The second-order valence-electron chi connectivity index (χ2n) is 14.6. The van der Waals surface area contributed by atoms with Crippen molar-refractivity contribution in [2.45, 2.75) is 72.0 Å². The number of Topliss-reactive ketones (excluding diaryl/α,β-unsaturated/α-hetero) is 1. The van der Waals surface area contributed by atoms with Crippen LogP contribution in [0.15, 0.2) is 33.4 Å². The van der Waals surface area contributed by atoms with Gasteiger partial charge in [-0.3, -0.25) is 9.59 Å². The molecule has 1 aliphatic heterocycles. The fraction of sp³-hybridized carbons (Fsp3) is 0.697. The molecule has 0 aromatic carbocycles. The van der Waals surface area contributed by atoms with Crippen LogP contribution in [0.1, 0.15) is 60.3 Å². The molecule has 0 saturated heterocycles. The third kappa shape index (κ3) is 2.69. The predicted octanol–water partition coefficient (Wildman–Crippen LogP) is 3.48. The molecular formula is C33H38O8. The Balaban J connectivity index is 1.39. The highest BCUT2D eigenvalue weighted by molar-refractivity contribution is 6.09. The summed E-state index contributed by atoms with van der Waals surface area (Å²) >= 11 is 0. The molecule has 5 saturated carbocycles. The fourth-order valence-electron chi connectivity index (χ4n) is 11.7. The standard InChI is InChI=1S/C33H38O8/c1-12-19-10-22-18(11-40-14(3)34)16-8-20(16)31(22,4)23-9-17-15-7-21(15)32(5)25(17)26(33(19,23)41-30(12)38)24(27(35)28(32)36)13(2)29(37)39-6/h15-16,18,20-23,26,28,36H,7-11H2,1-6H3. The van der Waals surface area contributed by atoms with Crippen LogP contribution in [-0.2, 0) is 33.4 Å². The molecule has 0 aromatic heterocycles. The van der Waals surface area contributed by atoms with Crippen molar-refractivity contribution in [2.24, 2.45) is 58.2 Å². The van der Waals surface area contributed by atoms with Crippen LogP contribution in [0.5, 0.6) is 0 Å². The Labute approximate surface area is 239 Å². The van der Waals surface area contributed by atoms with Gasteiger partial charge in [0.25, 0.3) is 0 Å². The van der Waals surface area contributed by atoms with Crippen molar-refractivity contribution in [3.63, 3.8) is 0 Å². The summed E-state index contributed by atoms with van der Waals surface area (Å²) < 4.78 is 17.4. The number of hydrogen-bond donors (Lipinski definition) is 1. The van der Waals surface area contributed by atoms with E-state index in [1.165, 1.54) is 19.6 Å². The first-order valence-electron chi connectivity index (χ1n) is 15.2. The number of fused-ring (bicyclic) bond motifs is 7. The van der Waals surface area contributed by atoms with Crippen LogP contribution in [0.3, 0.4) is 0 Å². The molecule has 0 bridgehead atoms. The van der Waals surface area contributed by atoms with Gasteiger partial charge in [-0.15, -0.1) is 0 Å². The third-order valence-electron chi connectivity index (χ3n) is 13.5. The van der Waals surface area contributed by atoms with Gasteiger partial charge in [0.1, 0.15) is 11.7 Å². The molecule has 1 heterocycles. The quantitative estimate of drug-likeness (QED) is 0.241. The molecule has 12 atom stereocenters. The van der Waals surface area contributed by atoms with E-state index in [-0.39, 0.29) is 52.2 Å². The van der Waals surface area contributed by atoms with Crippen molar-refractivity contribution in [3.8, 4) is 0 Å². The number of rotatable bonds is 3. The first kappa shape index (κ1) is 25.9. The van der Waals surface area contributed by atoms with Crippen LogP contribution < -0.4 is 0 Å². The van der Waals surface area contributed by atoms with E-state index in [4.69, 9.17) is 14.2 Å². The Morgan fingerprint density at radius 2 is 1.80 bits per heavy atom. The fourth-order valence-corrected chi connectivity index (χ4v) is 11.7. The van der Waals surface area contributed by atoms with Crippen molar-refractivity contribution in [1.82, 2.24) is 0 Å². The van der Waals surface area contributed by atoms with Crippen molar-refractivity contribution in [2.75, 3.05) is 13.7 Å². The number of aliphatic hydroxyl groups excluding tert-OH is 1. The van der Waals surface area contributed by atoms with Crippen molar-refractivity contribution < 1.29 is 38.5 Å². The molecule has 8 aliphatic rings. The molecule has 1 N–H and O–H groups in total. The molecular weight excluding hydrogens is 524 g/mol. The summed E-state index contributed by atoms with van der Waals surface area (Å²) in [5.74, 6) is -0.620. The molecule has 0 amide bonds. The normalized spacial score (nSPS) is 50.7. The Hall–Kier alpha value is -2.74. The molecule has 8 heteroatoms. The number of methoxy groups -OCH3 is 1. The lowest BCUT2D eigenvalue weighted by atomic mass is 9.42. The van der Waals surface area contributed by atoms with Crippen molar-refractivity contribution >= 4 is 23.7 Å². The zero-order valence-electron chi connectivity index (χ0n) is 24.5. The van der Waals surface area contributed by atoms with Gasteiger partial charge in [-0.05, 0) is 91.6 Å². The number of carbonyl (C=O) groups excluding carboxylic acids is 4. The summed E-state index contributed by atoms with van der Waals surface area (Å²) in [6, 6.07) is 0. The number of aliphatic hydroxyl groups is 1. The Morgan fingerprint density at radius 3 is 2.49 bits per heavy atom. The maximum absolute atomic E-state index is 14.3. The molecule has 8 nitrogen and oxygen atoms in total. The van der Waals surface area contributed by atoms with E-state index in [1.807, 2.05) is 13.8 Å². The zero-order valence-corrected chi connectivity index (χ0v) is 24.5. The first-order chi connectivity index (χ1) is 19.3. The van der Waals surface area contributed by atoms with E-state index in [2.05, 4.69) is 6.92 Å². The summed E-state index contributed by atoms with van der Waals surface area (Å²) in [4.78, 5) is 52.7. The summed E-state index contributed by atoms with van der Waals surface area (Å²) in [5.41, 5.74) is 2.26. The Bertz CT molecular complexity index is 1480. The number of ether oxygens (including phenoxy) is 3. The first-order valence-corrected chi connectivity index (χ1v) is 15.2. The van der Waals surface area contributed by atoms with Gasteiger partial charge in [-0.1, -0.05) is 19.4 Å². The van der Waals surface area contributed by atoms with Crippen LogP contribution >= 0.6 is 0 Å². The summed E-state index contributed by atoms with van der Waals surface area (Å²) in [6.45, 7) is 9.63. The largest absolute Gasteiger partial charge is 0.466 e. The molecule has 218 valence electrons. The lowest BCUT2D eigenvalue weighted by Gasteiger charge is -2.63. The SMILES string of the molecule is COC(=O)C(C)=C1C(=O)C(O)C2(C)C3=C(CC4C5(OC(=O)C(C)=C5CC5C(COC(C)=O)C6CC6C54C)C13)C1CC12.